The van der Waals surface area contributed by atoms with Crippen LogP contribution in [0.1, 0.15) is 24.0 Å². The topological polar surface area (TPSA) is 50.6 Å². The summed E-state index contributed by atoms with van der Waals surface area (Å²) < 4.78 is 7.98. The molecule has 1 amide bonds. The fraction of sp³-hybridized carbons (Fsp3) is 0.474. The molecule has 25 heavy (non-hydrogen) atoms. The molecule has 3 aliphatic rings. The number of aryl methyl sites for hydroxylation is 1. The largest absolute Gasteiger partial charge is 0.352 e. The monoisotopic (exact) mass is 338 g/mol. The third kappa shape index (κ3) is 2.24. The molecule has 3 aliphatic heterocycles. The second kappa shape index (κ2) is 5.41. The molecule has 0 bridgehead atoms. The summed E-state index contributed by atoms with van der Waals surface area (Å²) >= 11 is 0. The molecule has 0 N–H and O–H groups in total. The zero-order valence-electron chi connectivity index (χ0n) is 14.4. The minimum absolute atomic E-state index is 0.171. The Bertz CT molecular complexity index is 832. The molecule has 0 saturated carbocycles. The lowest BCUT2D eigenvalue weighted by Gasteiger charge is -2.31. The molecular weight excluding hydrogens is 316 g/mol. The van der Waals surface area contributed by atoms with E-state index in [1.165, 1.54) is 11.1 Å². The number of hydrogen-bond donors (Lipinski definition) is 0. The van der Waals surface area contributed by atoms with E-state index in [1.807, 2.05) is 21.8 Å². The zero-order chi connectivity index (χ0) is 17.0. The van der Waals surface area contributed by atoms with Crippen molar-refractivity contribution in [3.63, 3.8) is 0 Å². The second-order valence-corrected chi connectivity index (χ2v) is 7.31. The molecule has 3 saturated heterocycles. The minimum atomic E-state index is -0.358. The first kappa shape index (κ1) is 15.1. The first-order chi connectivity index (χ1) is 12.2. The van der Waals surface area contributed by atoms with Gasteiger partial charge >= 0.3 is 0 Å². The standard InChI is InChI=1S/C19H22N4O2/c1-14-3-2-4-16(9-14)23-13-15(11-20-23)12-21-6-5-19-17(21)10-18(24)22(19)7-8-25-19/h2-4,9,11,13,17H,5-8,10,12H2,1H3/t17-,19+/m1/s1. The van der Waals surface area contributed by atoms with Gasteiger partial charge in [-0.1, -0.05) is 12.1 Å². The number of benzene rings is 1. The van der Waals surface area contributed by atoms with Gasteiger partial charge in [0.1, 0.15) is 0 Å². The van der Waals surface area contributed by atoms with Crippen molar-refractivity contribution in [2.24, 2.45) is 0 Å². The highest BCUT2D eigenvalue weighted by molar-refractivity contribution is 5.81. The van der Waals surface area contributed by atoms with Crippen molar-refractivity contribution in [2.45, 2.75) is 38.1 Å². The van der Waals surface area contributed by atoms with Crippen LogP contribution < -0.4 is 0 Å². The Morgan fingerprint density at radius 1 is 1.36 bits per heavy atom. The molecule has 0 radical (unpaired) electrons. The van der Waals surface area contributed by atoms with Crippen LogP contribution in [0, 0.1) is 6.92 Å². The Hall–Kier alpha value is -2.18. The normalized spacial score (nSPS) is 28.6. The molecule has 0 aliphatic carbocycles. The number of likely N-dealkylation sites (tertiary alicyclic amines) is 1. The summed E-state index contributed by atoms with van der Waals surface area (Å²) in [5.41, 5.74) is 3.11. The highest BCUT2D eigenvalue weighted by atomic mass is 16.5. The van der Waals surface area contributed by atoms with Crippen LogP contribution in [0.15, 0.2) is 36.7 Å². The van der Waals surface area contributed by atoms with E-state index < -0.39 is 0 Å². The van der Waals surface area contributed by atoms with Crippen molar-refractivity contribution in [1.29, 1.82) is 0 Å². The maximum atomic E-state index is 12.3. The summed E-state index contributed by atoms with van der Waals surface area (Å²) in [4.78, 5) is 16.6. The van der Waals surface area contributed by atoms with Gasteiger partial charge in [-0.3, -0.25) is 9.69 Å². The lowest BCUT2D eigenvalue weighted by molar-refractivity contribution is -0.136. The molecule has 4 heterocycles. The van der Waals surface area contributed by atoms with Gasteiger partial charge in [0.05, 0.1) is 24.5 Å². The maximum absolute atomic E-state index is 12.3. The molecule has 130 valence electrons. The van der Waals surface area contributed by atoms with E-state index in [2.05, 4.69) is 41.3 Å². The van der Waals surface area contributed by atoms with E-state index in [9.17, 15) is 4.79 Å². The van der Waals surface area contributed by atoms with Crippen LogP contribution >= 0.6 is 0 Å². The summed E-state index contributed by atoms with van der Waals surface area (Å²) in [5.74, 6) is 0.239. The highest BCUT2D eigenvalue weighted by Crippen LogP contribution is 2.45. The number of amides is 1. The number of ether oxygens (including phenoxy) is 1. The summed E-state index contributed by atoms with van der Waals surface area (Å²) in [6.07, 6.45) is 5.50. The molecular formula is C19H22N4O2. The predicted molar refractivity (Wildman–Crippen MR) is 92.1 cm³/mol. The number of carbonyl (C=O) groups excluding carboxylic acids is 1. The zero-order valence-corrected chi connectivity index (χ0v) is 14.4. The summed E-state index contributed by atoms with van der Waals surface area (Å²) in [6.45, 7) is 5.27. The fourth-order valence-corrected chi connectivity index (χ4v) is 4.65. The number of rotatable bonds is 3. The van der Waals surface area contributed by atoms with E-state index in [-0.39, 0.29) is 17.7 Å². The van der Waals surface area contributed by atoms with Crippen LogP contribution in [0.2, 0.25) is 0 Å². The van der Waals surface area contributed by atoms with Crippen molar-refractivity contribution in [3.05, 3.63) is 47.8 Å². The van der Waals surface area contributed by atoms with Gasteiger partial charge in [0.2, 0.25) is 5.91 Å². The van der Waals surface area contributed by atoms with Crippen LogP contribution in [0.3, 0.4) is 0 Å². The molecule has 1 aromatic heterocycles. The van der Waals surface area contributed by atoms with Gasteiger partial charge in [0.15, 0.2) is 5.72 Å². The molecule has 6 nitrogen and oxygen atoms in total. The van der Waals surface area contributed by atoms with Crippen LogP contribution in [-0.4, -0.2) is 57.0 Å². The Morgan fingerprint density at radius 2 is 2.28 bits per heavy atom. The SMILES string of the molecule is Cc1cccc(-n2cc(CN3CC[C@@]45OCCN4C(=O)C[C@@H]35)cn2)c1. The molecule has 0 unspecified atom stereocenters. The molecule has 3 fully saturated rings. The summed E-state index contributed by atoms with van der Waals surface area (Å²) in [7, 11) is 0. The van der Waals surface area contributed by atoms with Crippen LogP contribution in [-0.2, 0) is 16.1 Å². The summed E-state index contributed by atoms with van der Waals surface area (Å²) in [5, 5.41) is 4.52. The number of aromatic nitrogens is 2. The Labute approximate surface area is 147 Å². The second-order valence-electron chi connectivity index (χ2n) is 7.31. The van der Waals surface area contributed by atoms with Gasteiger partial charge in [0.25, 0.3) is 0 Å². The van der Waals surface area contributed by atoms with Crippen molar-refractivity contribution < 1.29 is 9.53 Å². The van der Waals surface area contributed by atoms with E-state index in [4.69, 9.17) is 4.74 Å². The van der Waals surface area contributed by atoms with Gasteiger partial charge in [-0.25, -0.2) is 4.68 Å². The van der Waals surface area contributed by atoms with Crippen molar-refractivity contribution in [3.8, 4) is 5.69 Å². The quantitative estimate of drug-likeness (QED) is 0.855. The van der Waals surface area contributed by atoms with Gasteiger partial charge in [-0.2, -0.15) is 5.10 Å². The molecule has 6 heteroatoms. The Kier molecular flexibility index (Phi) is 3.27. The Balaban J connectivity index is 1.36. The average molecular weight is 338 g/mol. The molecule has 1 aromatic carbocycles. The lowest BCUT2D eigenvalue weighted by Crippen LogP contribution is -2.47. The third-order valence-electron chi connectivity index (χ3n) is 5.80. The van der Waals surface area contributed by atoms with E-state index in [1.54, 1.807) is 0 Å². The van der Waals surface area contributed by atoms with Gasteiger partial charge < -0.3 is 9.64 Å². The number of nitrogens with zero attached hydrogens (tertiary/aromatic N) is 4. The molecule has 2 atom stereocenters. The number of hydrogen-bond acceptors (Lipinski definition) is 4. The Morgan fingerprint density at radius 3 is 3.16 bits per heavy atom. The maximum Gasteiger partial charge on any atom is 0.226 e. The van der Waals surface area contributed by atoms with Crippen molar-refractivity contribution in [1.82, 2.24) is 19.6 Å². The average Bonchev–Trinajstić information content (AvgIpc) is 3.33. The van der Waals surface area contributed by atoms with Crippen molar-refractivity contribution in [2.75, 3.05) is 19.7 Å². The third-order valence-corrected chi connectivity index (χ3v) is 5.80. The first-order valence-corrected chi connectivity index (χ1v) is 8.95. The van der Waals surface area contributed by atoms with Gasteiger partial charge in [-0.15, -0.1) is 0 Å². The van der Waals surface area contributed by atoms with Crippen molar-refractivity contribution >= 4 is 5.91 Å². The van der Waals surface area contributed by atoms with Crippen LogP contribution in [0.25, 0.3) is 5.69 Å². The smallest absolute Gasteiger partial charge is 0.226 e. The predicted octanol–water partition coefficient (Wildman–Crippen LogP) is 1.71. The molecule has 1 spiro atoms. The molecule has 5 rings (SSSR count). The van der Waals surface area contributed by atoms with Crippen LogP contribution in [0.5, 0.6) is 0 Å². The van der Waals surface area contributed by atoms with Gasteiger partial charge in [-0.05, 0) is 24.6 Å². The molecule has 2 aromatic rings. The number of carbonyl (C=O) groups is 1. The van der Waals surface area contributed by atoms with E-state index >= 15 is 0 Å². The van der Waals surface area contributed by atoms with E-state index in [0.717, 1.165) is 31.7 Å². The lowest BCUT2D eigenvalue weighted by atomic mass is 10.1. The first-order valence-electron chi connectivity index (χ1n) is 8.95. The minimum Gasteiger partial charge on any atom is -0.352 e. The van der Waals surface area contributed by atoms with Gasteiger partial charge in [0, 0.05) is 44.2 Å². The fourth-order valence-electron chi connectivity index (χ4n) is 4.65. The summed E-state index contributed by atoms with van der Waals surface area (Å²) in [6, 6.07) is 8.50. The van der Waals surface area contributed by atoms with E-state index in [0.29, 0.717) is 13.0 Å². The highest BCUT2D eigenvalue weighted by Gasteiger charge is 2.61. The van der Waals surface area contributed by atoms with Crippen LogP contribution in [0.4, 0.5) is 0 Å².